The van der Waals surface area contributed by atoms with Crippen LogP contribution in [0.5, 0.6) is 0 Å². The summed E-state index contributed by atoms with van der Waals surface area (Å²) in [5, 5.41) is 19.5. The van der Waals surface area contributed by atoms with Crippen LogP contribution in [0.25, 0.3) is 6.08 Å². The molecule has 4 fully saturated rings. The molecule has 0 radical (unpaired) electrons. The number of aliphatic carboxylic acids is 1. The first kappa shape index (κ1) is 32.0. The first-order valence-electron chi connectivity index (χ1n) is 17.1. The van der Waals surface area contributed by atoms with Gasteiger partial charge in [-0.3, -0.25) is 4.79 Å². The Bertz CT molecular complexity index is 1520. The minimum atomic E-state index is -0.647. The highest BCUT2D eigenvalue weighted by Crippen LogP contribution is 2.76. The summed E-state index contributed by atoms with van der Waals surface area (Å²) in [6, 6.07) is 6.71. The van der Waals surface area contributed by atoms with Crippen LogP contribution >= 0.6 is 0 Å². The van der Waals surface area contributed by atoms with Gasteiger partial charge in [0.05, 0.1) is 11.1 Å². The molecule has 1 aromatic carbocycles. The highest BCUT2D eigenvalue weighted by molar-refractivity contribution is 6.08. The molecular formula is C38H53FN4O2. The van der Waals surface area contributed by atoms with Gasteiger partial charge in [-0.1, -0.05) is 72.2 Å². The van der Waals surface area contributed by atoms with E-state index in [-0.39, 0.29) is 39.4 Å². The van der Waals surface area contributed by atoms with Crippen LogP contribution in [-0.2, 0) is 4.79 Å². The average Bonchev–Trinajstić information content (AvgIpc) is 2.94. The second-order valence-electron chi connectivity index (χ2n) is 16.7. The number of halogens is 1. The van der Waals surface area contributed by atoms with E-state index < -0.39 is 11.4 Å². The third-order valence-corrected chi connectivity index (χ3v) is 14.5. The summed E-state index contributed by atoms with van der Waals surface area (Å²) in [5.41, 5.74) is 14.6. The molecule has 4 saturated carbocycles. The summed E-state index contributed by atoms with van der Waals surface area (Å²) in [5.74, 6) is 0.748. The molecule has 0 aliphatic heterocycles. The lowest BCUT2D eigenvalue weighted by molar-refractivity contribution is -0.179. The zero-order chi connectivity index (χ0) is 32.7. The molecule has 6 rings (SSSR count). The Morgan fingerprint density at radius 1 is 1.02 bits per heavy atom. The van der Waals surface area contributed by atoms with E-state index in [0.29, 0.717) is 23.7 Å². The van der Waals surface area contributed by atoms with Crippen molar-refractivity contribution in [1.82, 2.24) is 0 Å². The molecule has 5 aliphatic rings. The van der Waals surface area contributed by atoms with E-state index in [2.05, 4.69) is 70.8 Å². The minimum Gasteiger partial charge on any atom is -0.481 e. The highest BCUT2D eigenvalue weighted by Gasteiger charge is 2.69. The predicted molar refractivity (Wildman–Crippen MR) is 180 cm³/mol. The molecule has 0 amide bonds. The molecule has 5 N–H and O–H groups in total. The van der Waals surface area contributed by atoms with Gasteiger partial charge in [0.15, 0.2) is 0 Å². The number of fused-ring (bicyclic) bond motifs is 7. The van der Waals surface area contributed by atoms with E-state index in [1.54, 1.807) is 12.1 Å². The zero-order valence-corrected chi connectivity index (χ0v) is 28.3. The smallest absolute Gasteiger partial charge is 0.310 e. The van der Waals surface area contributed by atoms with Gasteiger partial charge in [-0.2, -0.15) is 5.10 Å². The van der Waals surface area contributed by atoms with E-state index in [9.17, 15) is 14.3 Å². The number of benzene rings is 1. The molecule has 7 heteroatoms. The third-order valence-electron chi connectivity index (χ3n) is 14.5. The van der Waals surface area contributed by atoms with Crippen molar-refractivity contribution >= 4 is 23.7 Å². The molecule has 0 saturated heterocycles. The number of hydrogen-bond donors (Lipinski definition) is 3. The van der Waals surface area contributed by atoms with E-state index >= 15 is 0 Å². The number of carbonyl (C=O) groups is 1. The minimum absolute atomic E-state index is 0.0158. The van der Waals surface area contributed by atoms with E-state index in [4.69, 9.17) is 11.5 Å². The molecule has 9 atom stereocenters. The van der Waals surface area contributed by atoms with Crippen molar-refractivity contribution in [1.29, 1.82) is 0 Å². The largest absolute Gasteiger partial charge is 0.481 e. The van der Waals surface area contributed by atoms with Gasteiger partial charge in [0.1, 0.15) is 5.82 Å². The first-order valence-corrected chi connectivity index (χ1v) is 17.1. The third kappa shape index (κ3) is 4.49. The molecule has 0 bridgehead atoms. The van der Waals surface area contributed by atoms with Crippen LogP contribution < -0.4 is 11.5 Å². The Hall–Kier alpha value is -2.96. The Balaban J connectivity index is 1.48. The number of hydrogen-bond acceptors (Lipinski definition) is 3. The van der Waals surface area contributed by atoms with Crippen molar-refractivity contribution in [3.8, 4) is 0 Å². The number of carboxylic acid groups (broad SMARTS) is 1. The van der Waals surface area contributed by atoms with E-state index in [0.717, 1.165) is 68.2 Å². The summed E-state index contributed by atoms with van der Waals surface area (Å²) >= 11 is 0. The van der Waals surface area contributed by atoms with Crippen LogP contribution in [0.1, 0.15) is 105 Å². The quantitative estimate of drug-likeness (QED) is 0.137. The van der Waals surface area contributed by atoms with Crippen molar-refractivity contribution in [3.63, 3.8) is 0 Å². The van der Waals surface area contributed by atoms with Gasteiger partial charge in [-0.15, -0.1) is 5.10 Å². The fraction of sp³-hybridized carbons (Fsp3) is 0.658. The van der Waals surface area contributed by atoms with Crippen LogP contribution in [0.2, 0.25) is 0 Å². The summed E-state index contributed by atoms with van der Waals surface area (Å²) in [6.45, 7) is 16.7. The molecule has 0 spiro atoms. The molecule has 5 aliphatic carbocycles. The van der Waals surface area contributed by atoms with Crippen LogP contribution in [-0.4, -0.2) is 22.7 Å². The zero-order valence-electron chi connectivity index (χ0n) is 28.3. The lowest BCUT2D eigenvalue weighted by Gasteiger charge is -2.71. The van der Waals surface area contributed by atoms with Gasteiger partial charge < -0.3 is 16.6 Å². The topological polar surface area (TPSA) is 114 Å². The van der Waals surface area contributed by atoms with E-state index in [1.807, 2.05) is 6.07 Å². The van der Waals surface area contributed by atoms with Crippen LogP contribution in [0.3, 0.4) is 0 Å². The van der Waals surface area contributed by atoms with Gasteiger partial charge in [0.25, 0.3) is 0 Å². The standard InChI is InChI=1S/C38H53FN4O2/c1-22-13-16-38(32(44)45)18-17-36(6)27(30(38)23(22)2)11-12-29-35(5)21-25(19-24-9-8-10-26(39)20-24)31(42-43-33(40)41)34(3,4)28(35)14-15-37(29,36)7/h8-11,19-20,22-23,28-30H,12-18,21H2,1-7H3,(H,44,45)(H4,40,41,43)/b25-19+,42-31+/t22-,23+,28?,29?,30?,35+,36-,37-,38+/m1/s1. The van der Waals surface area contributed by atoms with Crippen molar-refractivity contribution in [2.75, 3.05) is 0 Å². The SMILES string of the molecule is C[C@@H]1CC[C@]2(C(=O)O)CC[C@]3(C)C(=CCC4[C@@]5(C)CC(=C\c6cccc(F)c6)/C(=N\N=C(N)N)C(C)(C)C5CC[C@]43C)C2[C@H]1C. The molecule has 45 heavy (non-hydrogen) atoms. The average molecular weight is 617 g/mol. The number of carboxylic acids is 1. The van der Waals surface area contributed by atoms with Gasteiger partial charge in [-0.25, -0.2) is 4.39 Å². The maximum atomic E-state index is 14.3. The maximum absolute atomic E-state index is 14.3. The number of nitrogens with two attached hydrogens (primary N) is 2. The van der Waals surface area contributed by atoms with Crippen LogP contribution in [0.15, 0.2) is 51.7 Å². The molecular weight excluding hydrogens is 563 g/mol. The molecule has 0 heterocycles. The van der Waals surface area contributed by atoms with Crippen molar-refractivity contribution in [2.24, 2.45) is 78.3 Å². The number of allylic oxidation sites excluding steroid dienone is 3. The monoisotopic (exact) mass is 616 g/mol. The summed E-state index contributed by atoms with van der Waals surface area (Å²) in [7, 11) is 0. The first-order chi connectivity index (χ1) is 21.0. The number of nitrogens with zero attached hydrogens (tertiary/aromatic N) is 2. The number of guanidine groups is 1. The van der Waals surface area contributed by atoms with Gasteiger partial charge >= 0.3 is 5.97 Å². The highest BCUT2D eigenvalue weighted by atomic mass is 19.1. The fourth-order valence-electron chi connectivity index (χ4n) is 11.9. The molecule has 244 valence electrons. The Labute approximate surface area is 268 Å². The second kappa shape index (κ2) is 10.5. The van der Waals surface area contributed by atoms with Gasteiger partial charge in [0, 0.05) is 5.41 Å². The lowest BCUT2D eigenvalue weighted by atomic mass is 9.33. The summed E-state index contributed by atoms with van der Waals surface area (Å²) < 4.78 is 14.3. The Morgan fingerprint density at radius 3 is 2.42 bits per heavy atom. The van der Waals surface area contributed by atoms with Crippen molar-refractivity contribution in [2.45, 2.75) is 99.8 Å². The summed E-state index contributed by atoms with van der Waals surface area (Å²) in [6.07, 6.45) is 11.9. The van der Waals surface area contributed by atoms with Crippen LogP contribution in [0, 0.1) is 62.5 Å². The fourth-order valence-corrected chi connectivity index (χ4v) is 11.9. The maximum Gasteiger partial charge on any atom is 0.310 e. The Morgan fingerprint density at radius 2 is 1.76 bits per heavy atom. The summed E-state index contributed by atoms with van der Waals surface area (Å²) in [4.78, 5) is 13.1. The predicted octanol–water partition coefficient (Wildman–Crippen LogP) is 8.19. The van der Waals surface area contributed by atoms with Crippen molar-refractivity contribution < 1.29 is 14.3 Å². The lowest BCUT2D eigenvalue weighted by Crippen LogP contribution is -2.65. The molecule has 0 aromatic heterocycles. The van der Waals surface area contributed by atoms with Crippen molar-refractivity contribution in [3.05, 3.63) is 52.9 Å². The molecule has 1 aromatic rings. The Kier molecular flexibility index (Phi) is 7.49. The molecule has 6 nitrogen and oxygen atoms in total. The normalized spacial score (nSPS) is 43.7. The van der Waals surface area contributed by atoms with Gasteiger partial charge in [-0.05, 0) is 127 Å². The number of rotatable bonds is 3. The van der Waals surface area contributed by atoms with E-state index in [1.165, 1.54) is 11.6 Å². The molecule has 3 unspecified atom stereocenters. The second-order valence-corrected chi connectivity index (χ2v) is 16.7. The van der Waals surface area contributed by atoms with Crippen LogP contribution in [0.4, 0.5) is 4.39 Å². The van der Waals surface area contributed by atoms with Gasteiger partial charge in [0.2, 0.25) is 5.96 Å².